The first-order valence-electron chi connectivity index (χ1n) is 8.04. The largest absolute Gasteiger partial charge is 0.485 e. The Morgan fingerprint density at radius 3 is 2.85 bits per heavy atom. The van der Waals surface area contributed by atoms with Crippen LogP contribution in [0.4, 0.5) is 0 Å². The molecule has 0 saturated heterocycles. The number of carbonyl (C=O) groups excluding carboxylic acids is 2. The highest BCUT2D eigenvalue weighted by atomic mass is 32.2. The van der Waals surface area contributed by atoms with Crippen LogP contribution in [0.2, 0.25) is 0 Å². The summed E-state index contributed by atoms with van der Waals surface area (Å²) in [5.74, 6) is 0.332. The van der Waals surface area contributed by atoms with Crippen LogP contribution in [0.25, 0.3) is 0 Å². The van der Waals surface area contributed by atoms with Crippen molar-refractivity contribution in [2.75, 3.05) is 12.4 Å². The predicted molar refractivity (Wildman–Crippen MR) is 93.8 cm³/mol. The van der Waals surface area contributed by atoms with Gasteiger partial charge < -0.3 is 14.0 Å². The van der Waals surface area contributed by atoms with Gasteiger partial charge in [0.25, 0.3) is 5.91 Å². The van der Waals surface area contributed by atoms with Crippen LogP contribution in [-0.4, -0.2) is 45.0 Å². The van der Waals surface area contributed by atoms with Crippen molar-refractivity contribution in [3.63, 3.8) is 0 Å². The molecule has 2 heterocycles. The van der Waals surface area contributed by atoms with Gasteiger partial charge in [-0.2, -0.15) is 0 Å². The van der Waals surface area contributed by atoms with Gasteiger partial charge in [-0.3, -0.25) is 20.4 Å². The molecule has 9 nitrogen and oxygen atoms in total. The molecule has 1 aliphatic rings. The highest BCUT2D eigenvalue weighted by Gasteiger charge is 2.27. The fraction of sp³-hybridized carbons (Fsp3) is 0.375. The van der Waals surface area contributed by atoms with Gasteiger partial charge in [0, 0.05) is 6.04 Å². The minimum atomic E-state index is -0.832. The van der Waals surface area contributed by atoms with Crippen molar-refractivity contribution in [1.82, 2.24) is 25.6 Å². The van der Waals surface area contributed by atoms with Crippen LogP contribution >= 0.6 is 11.8 Å². The molecule has 3 rings (SSSR count). The van der Waals surface area contributed by atoms with Gasteiger partial charge in [-0.15, -0.1) is 10.2 Å². The van der Waals surface area contributed by atoms with E-state index in [-0.39, 0.29) is 24.3 Å². The number of carbonyl (C=O) groups is 2. The van der Waals surface area contributed by atoms with Crippen LogP contribution in [0.15, 0.2) is 35.7 Å². The van der Waals surface area contributed by atoms with E-state index in [0.29, 0.717) is 16.7 Å². The van der Waals surface area contributed by atoms with Gasteiger partial charge in [0.2, 0.25) is 12.0 Å². The Labute approximate surface area is 154 Å². The lowest BCUT2D eigenvalue weighted by Gasteiger charge is -2.25. The van der Waals surface area contributed by atoms with Crippen LogP contribution in [0.1, 0.15) is 19.9 Å². The van der Waals surface area contributed by atoms with Gasteiger partial charge in [0.15, 0.2) is 16.7 Å². The molecule has 1 aromatic heterocycles. The normalized spacial score (nSPS) is 15.6. The van der Waals surface area contributed by atoms with Crippen LogP contribution in [0, 0.1) is 0 Å². The fourth-order valence-electron chi connectivity index (χ4n) is 2.22. The fourth-order valence-corrected chi connectivity index (χ4v) is 3.06. The van der Waals surface area contributed by atoms with Crippen LogP contribution in [0.5, 0.6) is 11.5 Å². The average Bonchev–Trinajstić information content (AvgIpc) is 3.13. The first-order chi connectivity index (χ1) is 12.5. The summed E-state index contributed by atoms with van der Waals surface area (Å²) in [6.45, 7) is 4.07. The third kappa shape index (κ3) is 4.26. The highest BCUT2D eigenvalue weighted by Crippen LogP contribution is 2.30. The molecule has 0 fully saturated rings. The van der Waals surface area contributed by atoms with Crippen molar-refractivity contribution < 1.29 is 19.1 Å². The predicted octanol–water partition coefficient (Wildman–Crippen LogP) is 0.939. The minimum Gasteiger partial charge on any atom is -0.485 e. The van der Waals surface area contributed by atoms with E-state index in [1.807, 2.05) is 24.5 Å². The molecule has 2 amide bonds. The molecule has 1 aromatic carbocycles. The van der Waals surface area contributed by atoms with Crippen LogP contribution in [-0.2, 0) is 9.59 Å². The van der Waals surface area contributed by atoms with E-state index in [1.54, 1.807) is 24.5 Å². The Morgan fingerprint density at radius 2 is 2.08 bits per heavy atom. The number of nitrogens with one attached hydrogen (secondary N) is 2. The Balaban J connectivity index is 1.44. The molecule has 1 aliphatic heterocycles. The maximum atomic E-state index is 12.1. The van der Waals surface area contributed by atoms with E-state index < -0.39 is 12.0 Å². The lowest BCUT2D eigenvalue weighted by molar-refractivity contribution is -0.134. The zero-order valence-electron chi connectivity index (χ0n) is 14.3. The Hall–Kier alpha value is -2.75. The van der Waals surface area contributed by atoms with Gasteiger partial charge >= 0.3 is 0 Å². The van der Waals surface area contributed by atoms with E-state index >= 15 is 0 Å². The first-order valence-corrected chi connectivity index (χ1v) is 9.02. The number of hydrogen-bond acceptors (Lipinski definition) is 7. The van der Waals surface area contributed by atoms with Gasteiger partial charge in [-0.1, -0.05) is 23.9 Å². The Bertz CT molecular complexity index is 794. The van der Waals surface area contributed by atoms with E-state index in [9.17, 15) is 9.59 Å². The van der Waals surface area contributed by atoms with Crippen molar-refractivity contribution in [1.29, 1.82) is 0 Å². The number of rotatable bonds is 5. The maximum absolute atomic E-state index is 12.1. The average molecular weight is 377 g/mol. The van der Waals surface area contributed by atoms with Gasteiger partial charge in [0.1, 0.15) is 12.9 Å². The first kappa shape index (κ1) is 18.1. The Kier molecular flexibility index (Phi) is 5.61. The molecule has 0 bridgehead atoms. The monoisotopic (exact) mass is 377 g/mol. The number of para-hydroxylation sites is 2. The summed E-state index contributed by atoms with van der Waals surface area (Å²) in [5.41, 5.74) is 4.71. The van der Waals surface area contributed by atoms with Crippen molar-refractivity contribution in [2.45, 2.75) is 31.1 Å². The number of ether oxygens (including phenoxy) is 2. The smallest absolute Gasteiger partial charge is 0.283 e. The Morgan fingerprint density at radius 1 is 1.31 bits per heavy atom. The number of hydrazine groups is 1. The van der Waals surface area contributed by atoms with E-state index in [0.717, 1.165) is 0 Å². The van der Waals surface area contributed by atoms with E-state index in [1.165, 1.54) is 11.8 Å². The maximum Gasteiger partial charge on any atom is 0.283 e. The molecule has 138 valence electrons. The summed E-state index contributed by atoms with van der Waals surface area (Å²) in [5, 5.41) is 8.45. The molecular formula is C16H19N5O4S. The molecule has 10 heteroatoms. The molecule has 0 unspecified atom stereocenters. The third-order valence-corrected chi connectivity index (χ3v) is 4.51. The van der Waals surface area contributed by atoms with Crippen LogP contribution < -0.4 is 20.3 Å². The number of amides is 2. The van der Waals surface area contributed by atoms with E-state index in [2.05, 4.69) is 21.0 Å². The quantitative estimate of drug-likeness (QED) is 0.590. The molecule has 2 N–H and O–H groups in total. The number of thioether (sulfide) groups is 1. The second kappa shape index (κ2) is 8.09. The van der Waals surface area contributed by atoms with Crippen molar-refractivity contribution >= 4 is 23.6 Å². The summed E-state index contributed by atoms with van der Waals surface area (Å²) in [7, 11) is 0. The van der Waals surface area contributed by atoms with E-state index in [4.69, 9.17) is 9.47 Å². The number of aromatic nitrogens is 3. The van der Waals surface area contributed by atoms with Crippen molar-refractivity contribution in [3.8, 4) is 11.5 Å². The molecule has 1 atom stereocenters. The number of nitrogens with zero attached hydrogens (tertiary/aromatic N) is 3. The van der Waals surface area contributed by atoms with Crippen molar-refractivity contribution in [2.24, 2.45) is 0 Å². The zero-order valence-corrected chi connectivity index (χ0v) is 15.2. The third-order valence-electron chi connectivity index (χ3n) is 3.56. The lowest BCUT2D eigenvalue weighted by Crippen LogP contribution is -2.51. The van der Waals surface area contributed by atoms with Gasteiger partial charge in [0.05, 0.1) is 5.75 Å². The standard InChI is InChI=1S/C16H19N5O4S/c1-10(2)21-9-17-20-16(21)26-8-14(22)18-19-15(23)13-7-24-11-5-3-4-6-12(11)25-13/h3-6,9-10,13H,7-8H2,1-2H3,(H,18,22)(H,19,23)/t13-/m1/s1. The summed E-state index contributed by atoms with van der Waals surface area (Å²) < 4.78 is 12.9. The lowest BCUT2D eigenvalue weighted by atomic mass is 10.2. The SMILES string of the molecule is CC(C)n1cnnc1SCC(=O)NNC(=O)[C@H]1COc2ccccc2O1. The number of hydrogen-bond donors (Lipinski definition) is 2. The molecule has 2 aromatic rings. The minimum absolute atomic E-state index is 0.0744. The summed E-state index contributed by atoms with van der Waals surface area (Å²) >= 11 is 1.24. The second-order valence-electron chi connectivity index (χ2n) is 5.80. The second-order valence-corrected chi connectivity index (χ2v) is 6.75. The summed E-state index contributed by atoms with van der Waals surface area (Å²) in [6.07, 6.45) is 0.784. The zero-order chi connectivity index (χ0) is 18.5. The molecule has 0 radical (unpaired) electrons. The molecule has 26 heavy (non-hydrogen) atoms. The summed E-state index contributed by atoms with van der Waals surface area (Å²) in [4.78, 5) is 24.1. The van der Waals surface area contributed by atoms with Crippen LogP contribution in [0.3, 0.4) is 0 Å². The molecule has 0 aliphatic carbocycles. The topological polar surface area (TPSA) is 107 Å². The molecule has 0 spiro atoms. The molecule has 0 saturated carbocycles. The summed E-state index contributed by atoms with van der Waals surface area (Å²) in [6, 6.07) is 7.28. The van der Waals surface area contributed by atoms with Gasteiger partial charge in [-0.25, -0.2) is 0 Å². The van der Waals surface area contributed by atoms with Gasteiger partial charge in [-0.05, 0) is 26.0 Å². The van der Waals surface area contributed by atoms with Crippen molar-refractivity contribution in [3.05, 3.63) is 30.6 Å². The number of fused-ring (bicyclic) bond motifs is 1. The highest BCUT2D eigenvalue weighted by molar-refractivity contribution is 7.99. The molecular weight excluding hydrogens is 358 g/mol. The number of benzene rings is 1.